The number of hydrogen-bond acceptors (Lipinski definition) is 5. The van der Waals surface area contributed by atoms with Gasteiger partial charge in [-0.3, -0.25) is 4.79 Å². The molecule has 2 aromatic heterocycles. The standard InChI is InChI=1S/C21H23N3O2S/c1-13-8-14(2)19(15(3)9-13)11-23-20(25)18-6-5-7-22-21(18)27-12-17-10-16(4)26-24-17/h5-10H,11-12H2,1-4H3,(H,23,25). The van der Waals surface area contributed by atoms with Gasteiger partial charge in [-0.1, -0.05) is 34.6 Å². The highest BCUT2D eigenvalue weighted by molar-refractivity contribution is 7.98. The smallest absolute Gasteiger partial charge is 0.254 e. The number of rotatable bonds is 6. The van der Waals surface area contributed by atoms with E-state index < -0.39 is 0 Å². The number of pyridine rings is 1. The molecule has 0 unspecified atom stereocenters. The Morgan fingerprint density at radius 3 is 2.56 bits per heavy atom. The summed E-state index contributed by atoms with van der Waals surface area (Å²) in [5.41, 5.74) is 6.18. The highest BCUT2D eigenvalue weighted by Crippen LogP contribution is 2.24. The Bertz CT molecular complexity index is 943. The molecule has 0 aliphatic heterocycles. The van der Waals surface area contributed by atoms with Gasteiger partial charge in [0.1, 0.15) is 10.8 Å². The third-order valence-electron chi connectivity index (χ3n) is 4.32. The Morgan fingerprint density at radius 1 is 1.15 bits per heavy atom. The zero-order valence-electron chi connectivity index (χ0n) is 16.0. The predicted molar refractivity (Wildman–Crippen MR) is 107 cm³/mol. The van der Waals surface area contributed by atoms with E-state index in [0.29, 0.717) is 22.9 Å². The maximum atomic E-state index is 12.7. The first-order valence-electron chi connectivity index (χ1n) is 8.79. The van der Waals surface area contributed by atoms with Gasteiger partial charge in [0.15, 0.2) is 0 Å². The summed E-state index contributed by atoms with van der Waals surface area (Å²) in [5, 5.41) is 7.70. The highest BCUT2D eigenvalue weighted by Gasteiger charge is 2.14. The lowest BCUT2D eigenvalue weighted by Gasteiger charge is -2.13. The van der Waals surface area contributed by atoms with Crippen molar-refractivity contribution in [2.75, 3.05) is 0 Å². The molecule has 6 heteroatoms. The summed E-state index contributed by atoms with van der Waals surface area (Å²) in [6.07, 6.45) is 1.70. The van der Waals surface area contributed by atoms with E-state index in [1.54, 1.807) is 18.3 Å². The molecule has 0 saturated carbocycles. The van der Waals surface area contributed by atoms with Crippen LogP contribution in [0.5, 0.6) is 0 Å². The molecule has 0 radical (unpaired) electrons. The molecule has 0 bridgehead atoms. The lowest BCUT2D eigenvalue weighted by Crippen LogP contribution is -2.24. The molecule has 3 aromatic rings. The van der Waals surface area contributed by atoms with Crippen LogP contribution in [0.25, 0.3) is 0 Å². The van der Waals surface area contributed by atoms with Crippen LogP contribution in [-0.4, -0.2) is 16.0 Å². The van der Waals surface area contributed by atoms with Crippen LogP contribution in [0.1, 0.15) is 44.1 Å². The molecular formula is C21H23N3O2S. The van der Waals surface area contributed by atoms with Crippen LogP contribution in [0.15, 0.2) is 46.1 Å². The Morgan fingerprint density at radius 2 is 1.89 bits per heavy atom. The average molecular weight is 382 g/mol. The zero-order chi connectivity index (χ0) is 19.4. The van der Waals surface area contributed by atoms with Gasteiger partial charge in [0.2, 0.25) is 0 Å². The quantitative estimate of drug-likeness (QED) is 0.636. The largest absolute Gasteiger partial charge is 0.361 e. The van der Waals surface area contributed by atoms with E-state index in [9.17, 15) is 4.79 Å². The fourth-order valence-electron chi connectivity index (χ4n) is 3.06. The number of carbonyl (C=O) groups is 1. The zero-order valence-corrected chi connectivity index (χ0v) is 16.8. The molecular weight excluding hydrogens is 358 g/mol. The minimum Gasteiger partial charge on any atom is -0.361 e. The number of benzene rings is 1. The van der Waals surface area contributed by atoms with Crippen LogP contribution in [0, 0.1) is 27.7 Å². The van der Waals surface area contributed by atoms with Crippen molar-refractivity contribution < 1.29 is 9.32 Å². The number of aromatic nitrogens is 2. The summed E-state index contributed by atoms with van der Waals surface area (Å²) in [7, 11) is 0. The summed E-state index contributed by atoms with van der Waals surface area (Å²) in [6, 6.07) is 9.74. The Labute approximate surface area is 163 Å². The van der Waals surface area contributed by atoms with Crippen molar-refractivity contribution in [3.05, 3.63) is 75.8 Å². The Kier molecular flexibility index (Phi) is 5.96. The second-order valence-electron chi connectivity index (χ2n) is 6.63. The van der Waals surface area contributed by atoms with Crippen LogP contribution in [0.4, 0.5) is 0 Å². The maximum absolute atomic E-state index is 12.7. The molecule has 0 aliphatic carbocycles. The highest BCUT2D eigenvalue weighted by atomic mass is 32.2. The summed E-state index contributed by atoms with van der Waals surface area (Å²) >= 11 is 1.48. The van der Waals surface area contributed by atoms with Gasteiger partial charge >= 0.3 is 0 Å². The molecule has 0 saturated heterocycles. The van der Waals surface area contributed by atoms with E-state index in [0.717, 1.165) is 17.0 Å². The molecule has 0 spiro atoms. The third kappa shape index (κ3) is 4.77. The van der Waals surface area contributed by atoms with Gasteiger partial charge in [0.05, 0.1) is 11.3 Å². The van der Waals surface area contributed by atoms with Crippen LogP contribution < -0.4 is 5.32 Å². The molecule has 1 amide bonds. The number of aryl methyl sites for hydroxylation is 4. The molecule has 3 rings (SSSR count). The summed E-state index contributed by atoms with van der Waals surface area (Å²) < 4.78 is 5.09. The SMILES string of the molecule is Cc1cc(C)c(CNC(=O)c2cccnc2SCc2cc(C)on2)c(C)c1. The molecule has 27 heavy (non-hydrogen) atoms. The van der Waals surface area contributed by atoms with Gasteiger partial charge in [-0.25, -0.2) is 4.98 Å². The predicted octanol–water partition coefficient (Wildman–Crippen LogP) is 4.53. The van der Waals surface area contributed by atoms with Gasteiger partial charge in [-0.2, -0.15) is 0 Å². The van der Waals surface area contributed by atoms with Crippen molar-refractivity contribution in [1.82, 2.24) is 15.5 Å². The first kappa shape index (κ1) is 19.2. The van der Waals surface area contributed by atoms with E-state index in [1.165, 1.54) is 28.5 Å². The molecule has 5 nitrogen and oxygen atoms in total. The lowest BCUT2D eigenvalue weighted by molar-refractivity contribution is 0.0947. The van der Waals surface area contributed by atoms with Crippen molar-refractivity contribution in [3.8, 4) is 0 Å². The van der Waals surface area contributed by atoms with Crippen LogP contribution in [-0.2, 0) is 12.3 Å². The van der Waals surface area contributed by atoms with Gasteiger partial charge < -0.3 is 9.84 Å². The summed E-state index contributed by atoms with van der Waals surface area (Å²) in [6.45, 7) is 8.59. The van der Waals surface area contributed by atoms with Crippen molar-refractivity contribution in [2.24, 2.45) is 0 Å². The molecule has 0 fully saturated rings. The van der Waals surface area contributed by atoms with Crippen LogP contribution in [0.2, 0.25) is 0 Å². The van der Waals surface area contributed by atoms with E-state index in [2.05, 4.69) is 48.4 Å². The lowest BCUT2D eigenvalue weighted by atomic mass is 10.00. The summed E-state index contributed by atoms with van der Waals surface area (Å²) in [4.78, 5) is 17.1. The minimum atomic E-state index is -0.124. The van der Waals surface area contributed by atoms with E-state index in [4.69, 9.17) is 4.52 Å². The number of thioether (sulfide) groups is 1. The number of nitrogens with zero attached hydrogens (tertiary/aromatic N) is 2. The minimum absolute atomic E-state index is 0.124. The number of hydrogen-bond donors (Lipinski definition) is 1. The van der Waals surface area contributed by atoms with Gasteiger partial charge in [-0.15, -0.1) is 0 Å². The number of amides is 1. The fourth-order valence-corrected chi connectivity index (χ4v) is 3.93. The van der Waals surface area contributed by atoms with Gasteiger partial charge in [0, 0.05) is 24.6 Å². The molecule has 140 valence electrons. The molecule has 1 N–H and O–H groups in total. The van der Waals surface area contributed by atoms with Crippen LogP contribution in [0.3, 0.4) is 0 Å². The van der Waals surface area contributed by atoms with E-state index in [-0.39, 0.29) is 5.91 Å². The van der Waals surface area contributed by atoms with Crippen molar-refractivity contribution >= 4 is 17.7 Å². The Balaban J connectivity index is 1.70. The molecule has 1 aromatic carbocycles. The Hall–Kier alpha value is -2.60. The molecule has 0 aliphatic rings. The molecule has 2 heterocycles. The van der Waals surface area contributed by atoms with Gasteiger partial charge in [-0.05, 0) is 56.5 Å². The van der Waals surface area contributed by atoms with Crippen molar-refractivity contribution in [2.45, 2.75) is 45.0 Å². The average Bonchev–Trinajstić information content (AvgIpc) is 3.04. The first-order chi connectivity index (χ1) is 12.9. The van der Waals surface area contributed by atoms with Crippen molar-refractivity contribution in [1.29, 1.82) is 0 Å². The fraction of sp³-hybridized carbons (Fsp3) is 0.286. The van der Waals surface area contributed by atoms with E-state index >= 15 is 0 Å². The number of nitrogens with one attached hydrogen (secondary N) is 1. The van der Waals surface area contributed by atoms with E-state index in [1.807, 2.05) is 13.0 Å². The monoisotopic (exact) mass is 381 g/mol. The van der Waals surface area contributed by atoms with Gasteiger partial charge in [0.25, 0.3) is 5.91 Å². The van der Waals surface area contributed by atoms with Crippen LogP contribution >= 0.6 is 11.8 Å². The first-order valence-corrected chi connectivity index (χ1v) is 9.77. The third-order valence-corrected chi connectivity index (χ3v) is 5.35. The second kappa shape index (κ2) is 8.39. The molecule has 0 atom stereocenters. The second-order valence-corrected chi connectivity index (χ2v) is 7.60. The van der Waals surface area contributed by atoms with Crippen molar-refractivity contribution in [3.63, 3.8) is 0 Å². The maximum Gasteiger partial charge on any atom is 0.254 e. The summed E-state index contributed by atoms with van der Waals surface area (Å²) in [5.74, 6) is 1.25. The topological polar surface area (TPSA) is 68.0 Å². The normalized spacial score (nSPS) is 10.8. The number of carbonyl (C=O) groups excluding carboxylic acids is 1.